The fourth-order valence-corrected chi connectivity index (χ4v) is 3.21. The van der Waals surface area contributed by atoms with Crippen molar-refractivity contribution in [3.05, 3.63) is 41.3 Å². The van der Waals surface area contributed by atoms with E-state index in [2.05, 4.69) is 25.3 Å². The number of nitrogen functional groups attached to an aromatic ring is 1. The highest BCUT2D eigenvalue weighted by atomic mass is 35.5. The highest BCUT2D eigenvalue weighted by molar-refractivity contribution is 6.36. The van der Waals surface area contributed by atoms with Gasteiger partial charge in [-0.05, 0) is 17.5 Å². The van der Waals surface area contributed by atoms with Crippen molar-refractivity contribution in [2.45, 2.75) is 0 Å². The van der Waals surface area contributed by atoms with E-state index in [4.69, 9.17) is 22.1 Å². The molecule has 4 aromatic rings. The van der Waals surface area contributed by atoms with E-state index in [0.29, 0.717) is 21.6 Å². The Morgan fingerprint density at radius 1 is 1.19 bits per heavy atom. The first-order chi connectivity index (χ1) is 13.0. The van der Waals surface area contributed by atoms with Crippen LogP contribution in [0.1, 0.15) is 0 Å². The third kappa shape index (κ3) is 2.74. The highest BCUT2D eigenvalue weighted by Gasteiger charge is 2.20. The summed E-state index contributed by atoms with van der Waals surface area (Å²) in [5.74, 6) is -0.0282. The van der Waals surface area contributed by atoms with Crippen LogP contribution in [0.4, 0.5) is 16.0 Å². The number of nitrogens with zero attached hydrogens (tertiary/aromatic N) is 4. The molecule has 136 valence electrons. The minimum Gasteiger partial charge on any atom is -0.467 e. The average Bonchev–Trinajstić information content (AvgIpc) is 2.67. The van der Waals surface area contributed by atoms with Gasteiger partial charge in [-0.3, -0.25) is 4.98 Å². The van der Waals surface area contributed by atoms with Crippen molar-refractivity contribution >= 4 is 44.9 Å². The number of hydrogen-bond acceptors (Lipinski definition) is 7. The molecule has 0 aliphatic rings. The van der Waals surface area contributed by atoms with Gasteiger partial charge in [0.15, 0.2) is 5.82 Å². The zero-order chi connectivity index (χ0) is 19.1. The Hall–Kier alpha value is -3.26. The van der Waals surface area contributed by atoms with E-state index < -0.39 is 5.82 Å². The Kier molecular flexibility index (Phi) is 4.12. The van der Waals surface area contributed by atoms with E-state index in [9.17, 15) is 0 Å². The number of benzene rings is 1. The number of aromatic nitrogens is 4. The topological polar surface area (TPSA) is 98.8 Å². The third-order valence-electron chi connectivity index (χ3n) is 4.13. The smallest absolute Gasteiger partial charge is 0.318 e. The van der Waals surface area contributed by atoms with Crippen molar-refractivity contribution < 1.29 is 9.13 Å². The fourth-order valence-electron chi connectivity index (χ4n) is 2.94. The first-order valence-electron chi connectivity index (χ1n) is 7.96. The molecule has 0 unspecified atom stereocenters. The molecular weight excluding hydrogens is 371 g/mol. The lowest BCUT2D eigenvalue weighted by molar-refractivity contribution is 0.382. The number of nitrogens with one attached hydrogen (secondary N) is 1. The second-order valence-corrected chi connectivity index (χ2v) is 6.13. The molecule has 1 aromatic carbocycles. The number of methoxy groups -OCH3 is 1. The average molecular weight is 385 g/mol. The quantitative estimate of drug-likeness (QED) is 0.556. The minimum absolute atomic E-state index is 0.00398. The van der Waals surface area contributed by atoms with Crippen LogP contribution in [0, 0.1) is 5.82 Å². The van der Waals surface area contributed by atoms with Crippen LogP contribution < -0.4 is 15.8 Å². The van der Waals surface area contributed by atoms with Crippen LogP contribution in [0.2, 0.25) is 5.02 Å². The molecule has 0 saturated heterocycles. The molecule has 27 heavy (non-hydrogen) atoms. The van der Waals surface area contributed by atoms with Crippen LogP contribution >= 0.6 is 11.6 Å². The number of fused-ring (bicyclic) bond motifs is 2. The number of ether oxygens (including phenoxy) is 1. The molecular formula is C18H14ClFN6O. The summed E-state index contributed by atoms with van der Waals surface area (Å²) in [5, 5.41) is 5.03. The number of rotatable bonds is 3. The molecule has 9 heteroatoms. The lowest BCUT2D eigenvalue weighted by Gasteiger charge is -2.12. The number of hydrogen-bond donors (Lipinski definition) is 2. The summed E-state index contributed by atoms with van der Waals surface area (Å²) in [5.41, 5.74) is 6.21. The summed E-state index contributed by atoms with van der Waals surface area (Å²) in [4.78, 5) is 16.8. The molecule has 3 heterocycles. The monoisotopic (exact) mass is 384 g/mol. The summed E-state index contributed by atoms with van der Waals surface area (Å²) in [6.07, 6.45) is 1.48. The summed E-state index contributed by atoms with van der Waals surface area (Å²) < 4.78 is 20.5. The summed E-state index contributed by atoms with van der Waals surface area (Å²) in [7, 11) is 3.08. The third-order valence-corrected chi connectivity index (χ3v) is 4.45. The van der Waals surface area contributed by atoms with E-state index in [1.54, 1.807) is 25.2 Å². The molecule has 0 aliphatic carbocycles. The molecule has 0 fully saturated rings. The van der Waals surface area contributed by atoms with Crippen LogP contribution in [0.15, 0.2) is 30.5 Å². The maximum Gasteiger partial charge on any atom is 0.318 e. The zero-order valence-corrected chi connectivity index (χ0v) is 15.2. The predicted molar refractivity (Wildman–Crippen MR) is 104 cm³/mol. The van der Waals surface area contributed by atoms with Gasteiger partial charge in [0.25, 0.3) is 0 Å². The lowest BCUT2D eigenvalue weighted by atomic mass is 10.1. The van der Waals surface area contributed by atoms with Crippen molar-refractivity contribution in [1.29, 1.82) is 0 Å². The van der Waals surface area contributed by atoms with Gasteiger partial charge in [-0.15, -0.1) is 0 Å². The fraction of sp³-hybridized carbons (Fsp3) is 0.111. The van der Waals surface area contributed by atoms with Gasteiger partial charge in [0.1, 0.15) is 28.5 Å². The maximum atomic E-state index is 15.4. The largest absolute Gasteiger partial charge is 0.467 e. The van der Waals surface area contributed by atoms with Gasteiger partial charge < -0.3 is 15.8 Å². The highest BCUT2D eigenvalue weighted by Crippen LogP contribution is 2.36. The number of anilines is 2. The lowest BCUT2D eigenvalue weighted by Crippen LogP contribution is -2.04. The van der Waals surface area contributed by atoms with Crippen LogP contribution in [0.3, 0.4) is 0 Å². The van der Waals surface area contributed by atoms with Gasteiger partial charge in [-0.2, -0.15) is 9.97 Å². The molecule has 0 saturated carbocycles. The molecule has 0 atom stereocenters. The SMILES string of the molecule is CNc1nc(OC)nc2c(F)c(-c3nc(N)cc4cccc(Cl)c34)ncc12. The Morgan fingerprint density at radius 2 is 2.00 bits per heavy atom. The number of pyridine rings is 2. The second kappa shape index (κ2) is 6.48. The normalized spacial score (nSPS) is 11.1. The summed E-state index contributed by atoms with van der Waals surface area (Å²) in [6, 6.07) is 7.02. The molecule has 7 nitrogen and oxygen atoms in total. The second-order valence-electron chi connectivity index (χ2n) is 5.73. The number of nitrogens with two attached hydrogens (primary N) is 1. The van der Waals surface area contributed by atoms with E-state index in [-0.39, 0.29) is 28.7 Å². The molecule has 3 aromatic heterocycles. The van der Waals surface area contributed by atoms with Gasteiger partial charge in [-0.25, -0.2) is 9.37 Å². The van der Waals surface area contributed by atoms with Crippen LogP contribution in [-0.2, 0) is 0 Å². The van der Waals surface area contributed by atoms with Crippen molar-refractivity contribution in [3.8, 4) is 17.4 Å². The van der Waals surface area contributed by atoms with Crippen molar-refractivity contribution in [1.82, 2.24) is 19.9 Å². The first-order valence-corrected chi connectivity index (χ1v) is 8.34. The van der Waals surface area contributed by atoms with Gasteiger partial charge in [0, 0.05) is 18.6 Å². The zero-order valence-electron chi connectivity index (χ0n) is 14.4. The predicted octanol–water partition coefficient (Wildman–Crippen LogP) is 3.67. The molecule has 0 aliphatic heterocycles. The van der Waals surface area contributed by atoms with E-state index in [1.165, 1.54) is 13.3 Å². The molecule has 3 N–H and O–H groups in total. The number of halogens is 2. The van der Waals surface area contributed by atoms with Crippen molar-refractivity contribution in [2.75, 3.05) is 25.2 Å². The van der Waals surface area contributed by atoms with Crippen LogP contribution in [0.5, 0.6) is 6.01 Å². The Morgan fingerprint density at radius 3 is 2.74 bits per heavy atom. The Bertz CT molecular complexity index is 1200. The van der Waals surface area contributed by atoms with E-state index >= 15 is 4.39 Å². The maximum absolute atomic E-state index is 15.4. The summed E-state index contributed by atoms with van der Waals surface area (Å²) in [6.45, 7) is 0. The van der Waals surface area contributed by atoms with Gasteiger partial charge in [0.05, 0.1) is 17.5 Å². The molecule has 0 amide bonds. The van der Waals surface area contributed by atoms with E-state index in [0.717, 1.165) is 5.39 Å². The Balaban J connectivity index is 2.09. The standard InChI is InChI=1S/C18H14ClFN6O/c1-22-17-9-7-23-16(13(20)14(9)25-18(26-17)27-2)15-12-8(6-11(21)24-15)4-3-5-10(12)19/h3-7H,1-2H3,(H2,21,24)(H,22,25,26). The molecule has 0 spiro atoms. The van der Waals surface area contributed by atoms with Gasteiger partial charge in [-0.1, -0.05) is 23.7 Å². The summed E-state index contributed by atoms with van der Waals surface area (Å²) >= 11 is 6.34. The van der Waals surface area contributed by atoms with Crippen LogP contribution in [0.25, 0.3) is 33.1 Å². The minimum atomic E-state index is -0.663. The van der Waals surface area contributed by atoms with Gasteiger partial charge >= 0.3 is 6.01 Å². The van der Waals surface area contributed by atoms with Crippen LogP contribution in [-0.4, -0.2) is 34.1 Å². The van der Waals surface area contributed by atoms with Gasteiger partial charge in [0.2, 0.25) is 0 Å². The first kappa shape index (κ1) is 17.2. The van der Waals surface area contributed by atoms with Crippen molar-refractivity contribution in [2.24, 2.45) is 0 Å². The Labute approximate surface area is 158 Å². The molecule has 0 bridgehead atoms. The van der Waals surface area contributed by atoms with Crippen molar-refractivity contribution in [3.63, 3.8) is 0 Å². The molecule has 0 radical (unpaired) electrons. The molecule has 4 rings (SSSR count). The van der Waals surface area contributed by atoms with E-state index in [1.807, 2.05) is 6.07 Å².